The van der Waals surface area contributed by atoms with E-state index in [1.165, 1.54) is 0 Å². The molecular formula is C10H10N4O. The third-order valence-electron chi connectivity index (χ3n) is 2.02. The Morgan fingerprint density at radius 2 is 2.33 bits per heavy atom. The number of aromatic amines is 1. The van der Waals surface area contributed by atoms with Crippen molar-refractivity contribution in [3.8, 4) is 11.4 Å². The summed E-state index contributed by atoms with van der Waals surface area (Å²) in [5.74, 6) is -0.501. The number of primary amides is 1. The predicted molar refractivity (Wildman–Crippen MR) is 55.1 cm³/mol. The minimum absolute atomic E-state index is 0.379. The third kappa shape index (κ3) is 1.71. The summed E-state index contributed by atoms with van der Waals surface area (Å²) in [5.41, 5.74) is 7.66. The first kappa shape index (κ1) is 9.39. The number of nitrogens with two attached hydrogens (primary N) is 1. The van der Waals surface area contributed by atoms with Crippen molar-refractivity contribution < 1.29 is 4.79 Å². The lowest BCUT2D eigenvalue weighted by Gasteiger charge is -2.00. The number of nitrogens with one attached hydrogen (secondary N) is 1. The molecule has 2 rings (SSSR count). The number of amides is 1. The molecule has 76 valence electrons. The third-order valence-corrected chi connectivity index (χ3v) is 2.02. The highest BCUT2D eigenvalue weighted by atomic mass is 16.1. The van der Waals surface area contributed by atoms with Crippen molar-refractivity contribution in [3.63, 3.8) is 0 Å². The van der Waals surface area contributed by atoms with E-state index in [2.05, 4.69) is 15.2 Å². The Morgan fingerprint density at radius 1 is 1.53 bits per heavy atom. The van der Waals surface area contributed by atoms with Gasteiger partial charge in [0.1, 0.15) is 11.4 Å². The first-order chi connectivity index (χ1) is 7.18. The number of hydrogen-bond donors (Lipinski definition) is 2. The highest BCUT2D eigenvalue weighted by Gasteiger charge is 2.12. The van der Waals surface area contributed by atoms with Crippen LogP contribution in [0, 0.1) is 6.92 Å². The van der Waals surface area contributed by atoms with Crippen molar-refractivity contribution in [3.05, 3.63) is 35.7 Å². The Labute approximate surface area is 86.3 Å². The maximum Gasteiger partial charge on any atom is 0.250 e. The molecule has 0 unspecified atom stereocenters. The van der Waals surface area contributed by atoms with Crippen LogP contribution in [0.4, 0.5) is 0 Å². The molecule has 2 heterocycles. The fourth-order valence-electron chi connectivity index (χ4n) is 1.35. The largest absolute Gasteiger partial charge is 0.366 e. The molecule has 0 spiro atoms. The lowest BCUT2D eigenvalue weighted by molar-refractivity contribution is 0.100. The lowest BCUT2D eigenvalue weighted by Crippen LogP contribution is -2.13. The quantitative estimate of drug-likeness (QED) is 0.758. The van der Waals surface area contributed by atoms with Crippen LogP contribution >= 0.6 is 0 Å². The molecule has 3 N–H and O–H groups in total. The van der Waals surface area contributed by atoms with E-state index >= 15 is 0 Å². The fourth-order valence-corrected chi connectivity index (χ4v) is 1.35. The molecule has 0 saturated heterocycles. The summed E-state index contributed by atoms with van der Waals surface area (Å²) in [5, 5.41) is 6.82. The molecule has 0 aliphatic heterocycles. The fraction of sp³-hybridized carbons (Fsp3) is 0.100. The zero-order valence-corrected chi connectivity index (χ0v) is 8.19. The number of H-pyrrole nitrogens is 1. The van der Waals surface area contributed by atoms with Crippen molar-refractivity contribution in [1.29, 1.82) is 0 Å². The second-order valence-corrected chi connectivity index (χ2v) is 3.20. The molecule has 5 heteroatoms. The first-order valence-electron chi connectivity index (χ1n) is 4.45. The van der Waals surface area contributed by atoms with E-state index in [0.29, 0.717) is 17.0 Å². The van der Waals surface area contributed by atoms with Crippen LogP contribution in [0.15, 0.2) is 24.4 Å². The van der Waals surface area contributed by atoms with Gasteiger partial charge in [-0.3, -0.25) is 14.9 Å². The van der Waals surface area contributed by atoms with E-state index in [0.717, 1.165) is 5.69 Å². The van der Waals surface area contributed by atoms with Crippen LogP contribution in [-0.4, -0.2) is 21.1 Å². The summed E-state index contributed by atoms with van der Waals surface area (Å²) in [6.45, 7) is 1.88. The molecule has 15 heavy (non-hydrogen) atoms. The zero-order valence-electron chi connectivity index (χ0n) is 8.19. The SMILES string of the molecule is Cc1cc(-c2ncccc2C(N)=O)n[nH]1. The topological polar surface area (TPSA) is 84.7 Å². The lowest BCUT2D eigenvalue weighted by atomic mass is 10.1. The van der Waals surface area contributed by atoms with Crippen LogP contribution in [0.1, 0.15) is 16.1 Å². The molecule has 5 nitrogen and oxygen atoms in total. The van der Waals surface area contributed by atoms with Gasteiger partial charge in [-0.1, -0.05) is 0 Å². The van der Waals surface area contributed by atoms with Gasteiger partial charge in [0.25, 0.3) is 5.91 Å². The smallest absolute Gasteiger partial charge is 0.250 e. The average molecular weight is 202 g/mol. The molecule has 0 aliphatic carbocycles. The summed E-state index contributed by atoms with van der Waals surface area (Å²) in [4.78, 5) is 15.2. The molecule has 0 atom stereocenters. The number of aromatic nitrogens is 3. The Kier molecular flexibility index (Phi) is 2.21. The molecular weight excluding hydrogens is 192 g/mol. The van der Waals surface area contributed by atoms with Gasteiger partial charge in [0.2, 0.25) is 0 Å². The minimum Gasteiger partial charge on any atom is -0.366 e. The molecule has 2 aromatic heterocycles. The van der Waals surface area contributed by atoms with Crippen molar-refractivity contribution in [2.45, 2.75) is 6.92 Å². The molecule has 0 fully saturated rings. The Balaban J connectivity index is 2.57. The summed E-state index contributed by atoms with van der Waals surface area (Å²) in [6, 6.07) is 5.12. The normalized spacial score (nSPS) is 10.2. The van der Waals surface area contributed by atoms with Gasteiger partial charge in [0.15, 0.2) is 0 Å². The van der Waals surface area contributed by atoms with E-state index in [1.54, 1.807) is 18.3 Å². The number of carbonyl (C=O) groups excluding carboxylic acids is 1. The number of nitrogens with zero attached hydrogens (tertiary/aromatic N) is 2. The Morgan fingerprint density at radius 3 is 2.93 bits per heavy atom. The molecule has 0 radical (unpaired) electrons. The van der Waals surface area contributed by atoms with Crippen molar-refractivity contribution in [1.82, 2.24) is 15.2 Å². The van der Waals surface area contributed by atoms with E-state index in [1.807, 2.05) is 13.0 Å². The predicted octanol–water partition coefficient (Wildman–Crippen LogP) is 0.879. The van der Waals surface area contributed by atoms with E-state index in [4.69, 9.17) is 5.73 Å². The second kappa shape index (κ2) is 3.53. The molecule has 0 saturated carbocycles. The van der Waals surface area contributed by atoms with E-state index in [9.17, 15) is 4.79 Å². The maximum absolute atomic E-state index is 11.1. The van der Waals surface area contributed by atoms with Gasteiger partial charge < -0.3 is 5.73 Å². The monoisotopic (exact) mass is 202 g/mol. The van der Waals surface area contributed by atoms with Gasteiger partial charge >= 0.3 is 0 Å². The standard InChI is InChI=1S/C10H10N4O/c1-6-5-8(14-13-6)9-7(10(11)15)3-2-4-12-9/h2-5H,1H3,(H2,11,15)(H,13,14). The van der Waals surface area contributed by atoms with Gasteiger partial charge in [0, 0.05) is 11.9 Å². The summed E-state index contributed by atoms with van der Waals surface area (Å²) >= 11 is 0. The highest BCUT2D eigenvalue weighted by Crippen LogP contribution is 2.18. The molecule has 1 amide bonds. The van der Waals surface area contributed by atoms with E-state index in [-0.39, 0.29) is 0 Å². The molecule has 2 aromatic rings. The Bertz CT molecular complexity index is 504. The van der Waals surface area contributed by atoms with Crippen LogP contribution in [-0.2, 0) is 0 Å². The van der Waals surface area contributed by atoms with Crippen LogP contribution in [0.5, 0.6) is 0 Å². The van der Waals surface area contributed by atoms with Crippen LogP contribution in [0.2, 0.25) is 0 Å². The van der Waals surface area contributed by atoms with Crippen molar-refractivity contribution >= 4 is 5.91 Å². The number of hydrogen-bond acceptors (Lipinski definition) is 3. The summed E-state index contributed by atoms with van der Waals surface area (Å²) in [7, 11) is 0. The van der Waals surface area contributed by atoms with Crippen molar-refractivity contribution in [2.24, 2.45) is 5.73 Å². The first-order valence-corrected chi connectivity index (χ1v) is 4.45. The second-order valence-electron chi connectivity index (χ2n) is 3.20. The van der Waals surface area contributed by atoms with Gasteiger partial charge in [-0.2, -0.15) is 5.10 Å². The Hall–Kier alpha value is -2.17. The molecule has 0 aliphatic rings. The van der Waals surface area contributed by atoms with Crippen LogP contribution in [0.3, 0.4) is 0 Å². The summed E-state index contributed by atoms with van der Waals surface area (Å²) in [6.07, 6.45) is 1.60. The number of carbonyl (C=O) groups is 1. The summed E-state index contributed by atoms with van der Waals surface area (Å²) < 4.78 is 0. The van der Waals surface area contributed by atoms with Crippen LogP contribution in [0.25, 0.3) is 11.4 Å². The van der Waals surface area contributed by atoms with E-state index < -0.39 is 5.91 Å². The zero-order chi connectivity index (χ0) is 10.8. The van der Waals surface area contributed by atoms with Gasteiger partial charge in [-0.15, -0.1) is 0 Å². The average Bonchev–Trinajstić information content (AvgIpc) is 2.65. The number of pyridine rings is 1. The minimum atomic E-state index is -0.501. The van der Waals surface area contributed by atoms with Gasteiger partial charge in [-0.25, -0.2) is 0 Å². The highest BCUT2D eigenvalue weighted by molar-refractivity contribution is 5.98. The number of rotatable bonds is 2. The van der Waals surface area contributed by atoms with Gasteiger partial charge in [0.05, 0.1) is 5.56 Å². The number of aryl methyl sites for hydroxylation is 1. The maximum atomic E-state index is 11.1. The molecule has 0 aromatic carbocycles. The van der Waals surface area contributed by atoms with Crippen molar-refractivity contribution in [2.75, 3.05) is 0 Å². The molecule has 0 bridgehead atoms. The van der Waals surface area contributed by atoms with Gasteiger partial charge in [-0.05, 0) is 25.1 Å². The van der Waals surface area contributed by atoms with Crippen LogP contribution < -0.4 is 5.73 Å².